The Morgan fingerprint density at radius 2 is 1.96 bits per heavy atom. The van der Waals surface area contributed by atoms with E-state index in [2.05, 4.69) is 5.32 Å². The maximum absolute atomic E-state index is 12.5. The van der Waals surface area contributed by atoms with Crippen molar-refractivity contribution in [2.45, 2.75) is 57.4 Å². The van der Waals surface area contributed by atoms with Crippen LogP contribution in [-0.4, -0.2) is 27.4 Å². The van der Waals surface area contributed by atoms with Crippen LogP contribution >= 0.6 is 0 Å². The smallest absolute Gasteiger partial charge is 0.305 e. The number of nitrogens with one attached hydrogen (secondary N) is 1. The van der Waals surface area contributed by atoms with Gasteiger partial charge in [0, 0.05) is 17.2 Å². The summed E-state index contributed by atoms with van der Waals surface area (Å²) in [5, 5.41) is 23.2. The minimum Gasteiger partial charge on any atom is -0.481 e. The van der Waals surface area contributed by atoms with E-state index in [1.807, 2.05) is 13.8 Å². The Balaban J connectivity index is 2.27. The number of hydrogen-bond acceptors (Lipinski definition) is 4. The molecule has 0 saturated heterocycles. The monoisotopic (exact) mass is 334 g/mol. The van der Waals surface area contributed by atoms with Gasteiger partial charge in [-0.25, -0.2) is 0 Å². The van der Waals surface area contributed by atoms with Gasteiger partial charge in [0.2, 0.25) is 0 Å². The van der Waals surface area contributed by atoms with Gasteiger partial charge in [-0.05, 0) is 24.8 Å². The fraction of sp³-hybridized carbons (Fsp3) is 0.529. The molecule has 0 heterocycles. The first-order chi connectivity index (χ1) is 11.2. The lowest BCUT2D eigenvalue weighted by Gasteiger charge is -2.28. The van der Waals surface area contributed by atoms with Crippen molar-refractivity contribution < 1.29 is 19.6 Å². The Morgan fingerprint density at radius 3 is 2.46 bits per heavy atom. The number of nitro groups is 1. The second-order valence-corrected chi connectivity index (χ2v) is 6.70. The molecule has 0 atom stereocenters. The van der Waals surface area contributed by atoms with Gasteiger partial charge in [-0.15, -0.1) is 0 Å². The largest absolute Gasteiger partial charge is 0.481 e. The number of nitro benzene ring substituents is 1. The lowest BCUT2D eigenvalue weighted by molar-refractivity contribution is -0.385. The summed E-state index contributed by atoms with van der Waals surface area (Å²) in [5.41, 5.74) is -0.0918. The fourth-order valence-corrected chi connectivity index (χ4v) is 3.33. The molecule has 1 aliphatic rings. The van der Waals surface area contributed by atoms with Crippen LogP contribution in [0.5, 0.6) is 0 Å². The van der Waals surface area contributed by atoms with Crippen LogP contribution in [0.1, 0.15) is 67.8 Å². The third-order valence-corrected chi connectivity index (χ3v) is 4.54. The first-order valence-corrected chi connectivity index (χ1v) is 8.07. The lowest BCUT2D eigenvalue weighted by Crippen LogP contribution is -2.47. The Labute approximate surface area is 140 Å². The van der Waals surface area contributed by atoms with Crippen LogP contribution < -0.4 is 5.32 Å². The third kappa shape index (κ3) is 3.90. The van der Waals surface area contributed by atoms with E-state index in [9.17, 15) is 19.7 Å². The Kier molecular flexibility index (Phi) is 5.21. The summed E-state index contributed by atoms with van der Waals surface area (Å²) in [4.78, 5) is 34.4. The van der Waals surface area contributed by atoms with Crippen LogP contribution in [0.15, 0.2) is 18.2 Å². The Hall–Kier alpha value is -2.44. The molecule has 1 fully saturated rings. The third-order valence-electron chi connectivity index (χ3n) is 4.54. The van der Waals surface area contributed by atoms with Crippen molar-refractivity contribution >= 4 is 17.6 Å². The molecule has 7 nitrogen and oxygen atoms in total. The maximum Gasteiger partial charge on any atom is 0.305 e. The normalized spacial score (nSPS) is 16.1. The highest BCUT2D eigenvalue weighted by Crippen LogP contribution is 2.33. The molecule has 0 bridgehead atoms. The van der Waals surface area contributed by atoms with Crippen LogP contribution in [0.4, 0.5) is 5.69 Å². The van der Waals surface area contributed by atoms with Crippen molar-refractivity contribution in [3.05, 3.63) is 39.4 Å². The number of carbonyl (C=O) groups excluding carboxylic acids is 1. The van der Waals surface area contributed by atoms with Crippen LogP contribution in [0, 0.1) is 10.1 Å². The number of benzene rings is 1. The molecule has 1 amide bonds. The van der Waals surface area contributed by atoms with Gasteiger partial charge in [-0.3, -0.25) is 19.7 Å². The van der Waals surface area contributed by atoms with Gasteiger partial charge in [0.1, 0.15) is 0 Å². The standard InChI is InChI=1S/C17H22N2O5/c1-11(2)13-6-5-12(9-14(13)19(23)24)16(22)18-17(10-15(20)21)7-3-4-8-17/h5-6,9,11H,3-4,7-8,10H2,1-2H3,(H,18,22)(H,20,21). The molecule has 1 saturated carbocycles. The van der Waals surface area contributed by atoms with Crippen LogP contribution in [-0.2, 0) is 4.79 Å². The number of rotatable bonds is 6. The summed E-state index contributed by atoms with van der Waals surface area (Å²) in [7, 11) is 0. The highest BCUT2D eigenvalue weighted by Gasteiger charge is 2.37. The summed E-state index contributed by atoms with van der Waals surface area (Å²) in [6.45, 7) is 3.70. The second kappa shape index (κ2) is 6.98. The van der Waals surface area contributed by atoms with Gasteiger partial charge >= 0.3 is 5.97 Å². The zero-order valence-corrected chi connectivity index (χ0v) is 13.9. The molecule has 0 unspecified atom stereocenters. The minimum absolute atomic E-state index is 0.0318. The minimum atomic E-state index is -0.960. The van der Waals surface area contributed by atoms with E-state index < -0.39 is 22.3 Å². The molecule has 0 spiro atoms. The average molecular weight is 334 g/mol. The molecule has 2 N–H and O–H groups in total. The predicted molar refractivity (Wildman–Crippen MR) is 88.1 cm³/mol. The topological polar surface area (TPSA) is 110 Å². The number of aliphatic carboxylic acids is 1. The van der Waals surface area contributed by atoms with Crippen molar-refractivity contribution in [3.8, 4) is 0 Å². The van der Waals surface area contributed by atoms with Crippen molar-refractivity contribution in [1.29, 1.82) is 0 Å². The van der Waals surface area contributed by atoms with E-state index in [-0.39, 0.29) is 23.6 Å². The van der Waals surface area contributed by atoms with Crippen LogP contribution in [0.25, 0.3) is 0 Å². The summed E-state index contributed by atoms with van der Waals surface area (Å²) < 4.78 is 0. The number of carbonyl (C=O) groups is 2. The first-order valence-electron chi connectivity index (χ1n) is 8.07. The molecular weight excluding hydrogens is 312 g/mol. The van der Waals surface area contributed by atoms with Crippen molar-refractivity contribution in [1.82, 2.24) is 5.32 Å². The van der Waals surface area contributed by atoms with E-state index in [1.165, 1.54) is 6.07 Å². The highest BCUT2D eigenvalue weighted by molar-refractivity contribution is 5.95. The average Bonchev–Trinajstić information content (AvgIpc) is 2.93. The first kappa shape index (κ1) is 17.9. The highest BCUT2D eigenvalue weighted by atomic mass is 16.6. The molecular formula is C17H22N2O5. The maximum atomic E-state index is 12.5. The van der Waals surface area contributed by atoms with Gasteiger partial charge < -0.3 is 10.4 Å². The summed E-state index contributed by atoms with van der Waals surface area (Å²) in [6.07, 6.45) is 2.80. The fourth-order valence-electron chi connectivity index (χ4n) is 3.33. The Morgan fingerprint density at radius 1 is 1.33 bits per heavy atom. The quantitative estimate of drug-likeness (QED) is 0.613. The SMILES string of the molecule is CC(C)c1ccc(C(=O)NC2(CC(=O)O)CCCC2)cc1[N+](=O)[O-]. The van der Waals surface area contributed by atoms with E-state index in [0.717, 1.165) is 12.8 Å². The van der Waals surface area contributed by atoms with Gasteiger partial charge in [-0.2, -0.15) is 0 Å². The molecule has 1 aliphatic carbocycles. The predicted octanol–water partition coefficient (Wildman–Crippen LogP) is 3.24. The van der Waals surface area contributed by atoms with Crippen molar-refractivity contribution in [3.63, 3.8) is 0 Å². The molecule has 0 aliphatic heterocycles. The number of carboxylic acid groups (broad SMARTS) is 1. The van der Waals surface area contributed by atoms with Gasteiger partial charge in [0.15, 0.2) is 0 Å². The Bertz CT molecular complexity index is 663. The molecule has 1 aromatic rings. The number of carboxylic acids is 1. The summed E-state index contributed by atoms with van der Waals surface area (Å²) in [5.74, 6) is -1.45. The van der Waals surface area contributed by atoms with Gasteiger partial charge in [-0.1, -0.05) is 32.8 Å². The van der Waals surface area contributed by atoms with Crippen molar-refractivity contribution in [2.24, 2.45) is 0 Å². The van der Waals surface area contributed by atoms with Crippen molar-refractivity contribution in [2.75, 3.05) is 0 Å². The van der Waals surface area contributed by atoms with E-state index in [4.69, 9.17) is 5.11 Å². The zero-order chi connectivity index (χ0) is 17.9. The molecule has 24 heavy (non-hydrogen) atoms. The molecule has 0 aromatic heterocycles. The van der Waals surface area contributed by atoms with E-state index >= 15 is 0 Å². The molecule has 7 heteroatoms. The van der Waals surface area contributed by atoms with E-state index in [0.29, 0.717) is 18.4 Å². The second-order valence-electron chi connectivity index (χ2n) is 6.70. The summed E-state index contributed by atoms with van der Waals surface area (Å²) in [6, 6.07) is 4.42. The van der Waals surface area contributed by atoms with E-state index in [1.54, 1.807) is 12.1 Å². The van der Waals surface area contributed by atoms with Gasteiger partial charge in [0.05, 0.1) is 16.9 Å². The zero-order valence-electron chi connectivity index (χ0n) is 13.9. The van der Waals surface area contributed by atoms with Crippen LogP contribution in [0.3, 0.4) is 0 Å². The molecule has 130 valence electrons. The number of hydrogen-bond donors (Lipinski definition) is 2. The number of nitrogens with zero attached hydrogens (tertiary/aromatic N) is 1. The molecule has 0 radical (unpaired) electrons. The van der Waals surface area contributed by atoms with Gasteiger partial charge in [0.25, 0.3) is 11.6 Å². The lowest BCUT2D eigenvalue weighted by atomic mass is 9.92. The summed E-state index contributed by atoms with van der Waals surface area (Å²) >= 11 is 0. The molecule has 1 aromatic carbocycles. The number of amides is 1. The molecule has 2 rings (SSSR count). The van der Waals surface area contributed by atoms with Crippen LogP contribution in [0.2, 0.25) is 0 Å².